The van der Waals surface area contributed by atoms with Crippen LogP contribution in [0.2, 0.25) is 0 Å². The fourth-order valence-corrected chi connectivity index (χ4v) is 2.58. The number of benzene rings is 1. The number of aliphatic carboxylic acids is 1. The van der Waals surface area contributed by atoms with Crippen molar-refractivity contribution >= 4 is 11.7 Å². The van der Waals surface area contributed by atoms with Crippen molar-refractivity contribution in [3.05, 3.63) is 41.5 Å². The smallest absolute Gasteiger partial charge is 0.326 e. The molecule has 0 aliphatic carbocycles. The van der Waals surface area contributed by atoms with Crippen LogP contribution in [0.1, 0.15) is 37.0 Å². The number of hydrogen-bond donors (Lipinski definition) is 1. The summed E-state index contributed by atoms with van der Waals surface area (Å²) >= 11 is 0. The minimum atomic E-state index is -0.834. The van der Waals surface area contributed by atoms with Gasteiger partial charge in [0.2, 0.25) is 5.89 Å². The third-order valence-electron chi connectivity index (χ3n) is 3.67. The molecule has 0 bridgehead atoms. The van der Waals surface area contributed by atoms with E-state index in [4.69, 9.17) is 4.52 Å². The predicted octanol–water partition coefficient (Wildman–Crippen LogP) is 2.21. The first-order chi connectivity index (χ1) is 10.1. The van der Waals surface area contributed by atoms with Crippen LogP contribution in [0.4, 0.5) is 5.69 Å². The first-order valence-corrected chi connectivity index (χ1v) is 6.96. The van der Waals surface area contributed by atoms with Gasteiger partial charge in [0.15, 0.2) is 5.82 Å². The van der Waals surface area contributed by atoms with Crippen molar-refractivity contribution in [3.8, 4) is 0 Å². The predicted molar refractivity (Wildman–Crippen MR) is 76.1 cm³/mol. The molecule has 2 heterocycles. The van der Waals surface area contributed by atoms with Gasteiger partial charge in [-0.15, -0.1) is 0 Å². The van der Waals surface area contributed by atoms with Gasteiger partial charge in [-0.2, -0.15) is 4.98 Å². The molecule has 1 N–H and O–H groups in total. The highest BCUT2D eigenvalue weighted by Gasteiger charge is 2.34. The molecule has 0 fully saturated rings. The first kappa shape index (κ1) is 13.6. The van der Waals surface area contributed by atoms with Gasteiger partial charge in [0.05, 0.1) is 6.54 Å². The lowest BCUT2D eigenvalue weighted by atomic mass is 10.1. The normalized spacial score (nSPS) is 17.3. The number of rotatable bonds is 4. The minimum Gasteiger partial charge on any atom is -0.480 e. The molecule has 1 aromatic carbocycles. The van der Waals surface area contributed by atoms with E-state index >= 15 is 0 Å². The third kappa shape index (κ3) is 2.49. The van der Waals surface area contributed by atoms with E-state index in [9.17, 15) is 9.90 Å². The Morgan fingerprint density at radius 3 is 2.90 bits per heavy atom. The van der Waals surface area contributed by atoms with Gasteiger partial charge in [0, 0.05) is 18.0 Å². The van der Waals surface area contributed by atoms with Crippen molar-refractivity contribution in [2.45, 2.75) is 38.8 Å². The molecular formula is C15H17N3O3. The zero-order valence-electron chi connectivity index (χ0n) is 12.0. The molecule has 1 unspecified atom stereocenters. The summed E-state index contributed by atoms with van der Waals surface area (Å²) in [6.45, 7) is 4.29. The maximum absolute atomic E-state index is 11.5. The molecular weight excluding hydrogens is 270 g/mol. The van der Waals surface area contributed by atoms with Crippen LogP contribution in [0.5, 0.6) is 0 Å². The quantitative estimate of drug-likeness (QED) is 0.928. The summed E-state index contributed by atoms with van der Waals surface area (Å²) in [6, 6.07) is 7.14. The number of carboxylic acids is 1. The van der Waals surface area contributed by atoms with Crippen LogP contribution in [-0.2, 0) is 17.8 Å². The van der Waals surface area contributed by atoms with Crippen LogP contribution in [0, 0.1) is 0 Å². The van der Waals surface area contributed by atoms with E-state index in [1.54, 1.807) is 0 Å². The molecule has 21 heavy (non-hydrogen) atoms. The topological polar surface area (TPSA) is 79.5 Å². The fourth-order valence-electron chi connectivity index (χ4n) is 2.58. The molecule has 1 aliphatic rings. The Hall–Kier alpha value is -2.37. The Morgan fingerprint density at radius 2 is 2.24 bits per heavy atom. The average molecular weight is 287 g/mol. The second-order valence-electron chi connectivity index (χ2n) is 5.52. The summed E-state index contributed by atoms with van der Waals surface area (Å²) < 4.78 is 5.18. The molecule has 6 nitrogen and oxygen atoms in total. The highest BCUT2D eigenvalue weighted by atomic mass is 16.5. The summed E-state index contributed by atoms with van der Waals surface area (Å²) in [7, 11) is 0. The molecule has 2 aromatic rings. The maximum atomic E-state index is 11.5. The minimum absolute atomic E-state index is 0.160. The van der Waals surface area contributed by atoms with Crippen LogP contribution >= 0.6 is 0 Å². The van der Waals surface area contributed by atoms with Crippen LogP contribution in [-0.4, -0.2) is 27.3 Å². The number of para-hydroxylation sites is 1. The Labute approximate surface area is 122 Å². The Balaban J connectivity index is 1.89. The number of nitrogens with zero attached hydrogens (tertiary/aromatic N) is 3. The van der Waals surface area contributed by atoms with Gasteiger partial charge >= 0.3 is 5.97 Å². The van der Waals surface area contributed by atoms with Gasteiger partial charge in [0.1, 0.15) is 6.04 Å². The van der Waals surface area contributed by atoms with Crippen molar-refractivity contribution in [2.75, 3.05) is 4.90 Å². The summed E-state index contributed by atoms with van der Waals surface area (Å²) in [6.07, 6.45) is 0.500. The SMILES string of the molecule is CC(C)c1nc(CN2c3ccccc3CC2C(=O)O)no1. The molecule has 1 atom stereocenters. The molecule has 0 radical (unpaired) electrons. The standard InChI is InChI=1S/C15H17N3O3/c1-9(2)14-16-13(17-21-14)8-18-11-6-4-3-5-10(11)7-12(18)15(19)20/h3-6,9,12H,7-8H2,1-2H3,(H,19,20). The Bertz CT molecular complexity index is 666. The van der Waals surface area contributed by atoms with Gasteiger partial charge in [-0.1, -0.05) is 37.2 Å². The summed E-state index contributed by atoms with van der Waals surface area (Å²) in [5, 5.41) is 13.4. The van der Waals surface area contributed by atoms with Crippen LogP contribution < -0.4 is 4.90 Å². The van der Waals surface area contributed by atoms with E-state index in [0.29, 0.717) is 24.7 Å². The lowest BCUT2D eigenvalue weighted by Crippen LogP contribution is -2.38. The molecule has 0 saturated heterocycles. The lowest BCUT2D eigenvalue weighted by molar-refractivity contribution is -0.138. The first-order valence-electron chi connectivity index (χ1n) is 6.96. The van der Waals surface area contributed by atoms with Crippen molar-refractivity contribution in [3.63, 3.8) is 0 Å². The van der Waals surface area contributed by atoms with E-state index in [-0.39, 0.29) is 5.92 Å². The van der Waals surface area contributed by atoms with E-state index in [2.05, 4.69) is 10.1 Å². The van der Waals surface area contributed by atoms with Crippen LogP contribution in [0.25, 0.3) is 0 Å². The number of carboxylic acid groups (broad SMARTS) is 1. The van der Waals surface area contributed by atoms with E-state index in [0.717, 1.165) is 11.3 Å². The summed E-state index contributed by atoms with van der Waals surface area (Å²) in [4.78, 5) is 17.6. The van der Waals surface area contributed by atoms with Crippen molar-refractivity contribution in [2.24, 2.45) is 0 Å². The summed E-state index contributed by atoms with van der Waals surface area (Å²) in [5.74, 6) is 0.414. The molecule has 1 aliphatic heterocycles. The molecule has 1 aromatic heterocycles. The average Bonchev–Trinajstić information content (AvgIpc) is 3.05. The molecule has 0 spiro atoms. The highest BCUT2D eigenvalue weighted by molar-refractivity contribution is 5.82. The number of anilines is 1. The van der Waals surface area contributed by atoms with Crippen molar-refractivity contribution < 1.29 is 14.4 Å². The van der Waals surface area contributed by atoms with Gasteiger partial charge < -0.3 is 14.5 Å². The second-order valence-corrected chi connectivity index (χ2v) is 5.52. The number of aromatic nitrogens is 2. The van der Waals surface area contributed by atoms with Gasteiger partial charge in [0.25, 0.3) is 0 Å². The molecule has 0 amide bonds. The van der Waals surface area contributed by atoms with Gasteiger partial charge in [-0.05, 0) is 11.6 Å². The third-order valence-corrected chi connectivity index (χ3v) is 3.67. The summed E-state index contributed by atoms with van der Waals surface area (Å²) in [5.41, 5.74) is 1.97. The molecule has 110 valence electrons. The zero-order valence-corrected chi connectivity index (χ0v) is 12.0. The van der Waals surface area contributed by atoms with Crippen LogP contribution in [0.15, 0.2) is 28.8 Å². The number of fused-ring (bicyclic) bond motifs is 1. The second kappa shape index (κ2) is 5.20. The Morgan fingerprint density at radius 1 is 1.48 bits per heavy atom. The largest absolute Gasteiger partial charge is 0.480 e. The molecule has 3 rings (SSSR count). The van der Waals surface area contributed by atoms with Gasteiger partial charge in [-0.25, -0.2) is 4.79 Å². The Kier molecular flexibility index (Phi) is 3.37. The molecule has 0 saturated carbocycles. The number of hydrogen-bond acceptors (Lipinski definition) is 5. The fraction of sp³-hybridized carbons (Fsp3) is 0.400. The molecule has 6 heteroatoms. The van der Waals surface area contributed by atoms with Crippen molar-refractivity contribution in [1.82, 2.24) is 10.1 Å². The van der Waals surface area contributed by atoms with E-state index in [1.165, 1.54) is 0 Å². The van der Waals surface area contributed by atoms with Crippen molar-refractivity contribution in [1.29, 1.82) is 0 Å². The number of carbonyl (C=O) groups is 1. The zero-order chi connectivity index (χ0) is 15.0. The van der Waals surface area contributed by atoms with Gasteiger partial charge in [-0.3, -0.25) is 0 Å². The van der Waals surface area contributed by atoms with Crippen LogP contribution in [0.3, 0.4) is 0 Å². The monoisotopic (exact) mass is 287 g/mol. The highest BCUT2D eigenvalue weighted by Crippen LogP contribution is 2.33. The lowest BCUT2D eigenvalue weighted by Gasteiger charge is -2.22. The van der Waals surface area contributed by atoms with E-state index in [1.807, 2.05) is 43.0 Å². The maximum Gasteiger partial charge on any atom is 0.326 e. The van der Waals surface area contributed by atoms with E-state index < -0.39 is 12.0 Å².